The summed E-state index contributed by atoms with van der Waals surface area (Å²) in [6.45, 7) is 16.2. The van der Waals surface area contributed by atoms with Crippen molar-refractivity contribution in [1.29, 1.82) is 0 Å². The number of carbonyl (C=O) groups excluding carboxylic acids is 1. The Morgan fingerprint density at radius 3 is 2.67 bits per heavy atom. The molecule has 11 heteroatoms. The van der Waals surface area contributed by atoms with Crippen LogP contribution in [0.2, 0.25) is 0 Å². The lowest BCUT2D eigenvalue weighted by Crippen LogP contribution is -2.56. The lowest BCUT2D eigenvalue weighted by Gasteiger charge is -2.41. The Morgan fingerprint density at radius 2 is 1.93 bits per heavy atom. The molecule has 3 heterocycles. The van der Waals surface area contributed by atoms with Crippen LogP contribution in [0.25, 0.3) is 15.6 Å². The van der Waals surface area contributed by atoms with Crippen molar-refractivity contribution in [2.45, 2.75) is 44.0 Å². The lowest BCUT2D eigenvalue weighted by molar-refractivity contribution is -0.128. The minimum absolute atomic E-state index is 0.00868. The van der Waals surface area contributed by atoms with E-state index in [4.69, 9.17) is 21.3 Å². The maximum absolute atomic E-state index is 12.5. The van der Waals surface area contributed by atoms with Crippen molar-refractivity contribution in [3.8, 4) is 6.01 Å². The number of anilines is 2. The number of fused-ring (bicyclic) bond motifs is 2. The zero-order valence-corrected chi connectivity index (χ0v) is 25.2. The number of sulfone groups is 1. The molecular formula is C32H36N6O4S. The zero-order chi connectivity index (χ0) is 30.1. The summed E-state index contributed by atoms with van der Waals surface area (Å²) in [6, 6.07) is 12.5. The first-order valence-electron chi connectivity index (χ1n) is 14.8. The number of hydrogen-bond acceptors (Lipinski definition) is 8. The van der Waals surface area contributed by atoms with Gasteiger partial charge in [0.2, 0.25) is 12.5 Å². The molecule has 3 aromatic rings. The predicted octanol–water partition coefficient (Wildman–Crippen LogP) is 3.58. The molecule has 3 aliphatic rings. The number of amides is 1. The largest absolute Gasteiger partial charge is 0.462 e. The number of ether oxygens (including phenoxy) is 1. The second kappa shape index (κ2) is 11.8. The van der Waals surface area contributed by atoms with Gasteiger partial charge in [-0.25, -0.2) is 15.0 Å². The molecule has 0 bridgehead atoms. The molecule has 0 unspecified atom stereocenters. The fraction of sp³-hybridized carbons (Fsp3) is 0.438. The molecule has 224 valence electrons. The van der Waals surface area contributed by atoms with Gasteiger partial charge < -0.3 is 24.3 Å². The van der Waals surface area contributed by atoms with Crippen LogP contribution in [0.1, 0.15) is 29.7 Å². The van der Waals surface area contributed by atoms with Crippen LogP contribution in [0, 0.1) is 13.5 Å². The summed E-state index contributed by atoms with van der Waals surface area (Å²) in [6.07, 6.45) is 3.45. The molecule has 1 amide bonds. The monoisotopic (exact) mass is 600 g/mol. The molecule has 43 heavy (non-hydrogen) atoms. The molecule has 2 aromatic carbocycles. The zero-order valence-electron chi connectivity index (χ0n) is 24.4. The van der Waals surface area contributed by atoms with Crippen molar-refractivity contribution in [3.63, 3.8) is 0 Å². The molecule has 2 aliphatic heterocycles. The molecule has 1 atom stereocenters. The Morgan fingerprint density at radius 1 is 1.14 bits per heavy atom. The Labute approximate surface area is 252 Å². The lowest BCUT2D eigenvalue weighted by atomic mass is 9.99. The van der Waals surface area contributed by atoms with Gasteiger partial charge >= 0.3 is 6.01 Å². The van der Waals surface area contributed by atoms with Crippen molar-refractivity contribution in [2.24, 2.45) is 0 Å². The fourth-order valence-corrected chi connectivity index (χ4v) is 7.75. The molecule has 0 radical (unpaired) electrons. The van der Waals surface area contributed by atoms with Crippen LogP contribution in [-0.4, -0.2) is 85.6 Å². The van der Waals surface area contributed by atoms with Crippen LogP contribution < -0.4 is 14.5 Å². The quantitative estimate of drug-likeness (QED) is 0.272. The van der Waals surface area contributed by atoms with Crippen molar-refractivity contribution in [3.05, 3.63) is 77.3 Å². The average Bonchev–Trinajstić information content (AvgIpc) is 3.87. The van der Waals surface area contributed by atoms with Crippen LogP contribution in [0.15, 0.2) is 49.1 Å². The van der Waals surface area contributed by atoms with Gasteiger partial charge in [0.15, 0.2) is 9.84 Å². The van der Waals surface area contributed by atoms with Crippen molar-refractivity contribution in [1.82, 2.24) is 14.9 Å². The normalized spacial score (nSPS) is 18.7. The number of aryl methyl sites for hydroxylation is 1. The molecular weight excluding hydrogens is 564 g/mol. The summed E-state index contributed by atoms with van der Waals surface area (Å²) in [5.41, 5.74) is 4.22. The number of rotatable bonds is 9. The first kappa shape index (κ1) is 28.9. The summed E-state index contributed by atoms with van der Waals surface area (Å²) in [5, 5.41) is 2.16. The number of piperazine rings is 1. The van der Waals surface area contributed by atoms with E-state index < -0.39 is 9.84 Å². The van der Waals surface area contributed by atoms with E-state index >= 15 is 0 Å². The molecule has 1 aliphatic carbocycles. The first-order valence-corrected chi connectivity index (χ1v) is 16.5. The molecule has 1 saturated heterocycles. The van der Waals surface area contributed by atoms with E-state index in [1.54, 1.807) is 4.90 Å². The Hall–Kier alpha value is -4.17. The molecule has 6 rings (SSSR count). The van der Waals surface area contributed by atoms with E-state index in [1.165, 1.54) is 22.4 Å². The summed E-state index contributed by atoms with van der Waals surface area (Å²) < 4.78 is 30.9. The second-order valence-electron chi connectivity index (χ2n) is 11.5. The summed E-state index contributed by atoms with van der Waals surface area (Å²) >= 11 is 0. The van der Waals surface area contributed by atoms with Crippen LogP contribution >= 0.6 is 0 Å². The highest BCUT2D eigenvalue weighted by Gasteiger charge is 2.36. The van der Waals surface area contributed by atoms with Gasteiger partial charge in [-0.1, -0.05) is 36.9 Å². The molecule has 10 nitrogen and oxygen atoms in total. The smallest absolute Gasteiger partial charge is 0.318 e. The van der Waals surface area contributed by atoms with Gasteiger partial charge in [-0.3, -0.25) is 4.79 Å². The molecule has 0 spiro atoms. The predicted molar refractivity (Wildman–Crippen MR) is 167 cm³/mol. The summed E-state index contributed by atoms with van der Waals surface area (Å²) in [5.74, 6) is 0.490. The number of benzene rings is 2. The Kier molecular flexibility index (Phi) is 7.97. The molecule has 2 fully saturated rings. The molecule has 1 aromatic heterocycles. The van der Waals surface area contributed by atoms with Crippen molar-refractivity contribution < 1.29 is 17.9 Å². The number of carbonyl (C=O) groups is 1. The van der Waals surface area contributed by atoms with E-state index in [9.17, 15) is 13.2 Å². The minimum Gasteiger partial charge on any atom is -0.462 e. The third-order valence-corrected chi connectivity index (χ3v) is 10.9. The van der Waals surface area contributed by atoms with Gasteiger partial charge in [-0.2, -0.15) is 9.97 Å². The minimum atomic E-state index is -3.18. The van der Waals surface area contributed by atoms with Crippen LogP contribution in [0.3, 0.4) is 0 Å². The third kappa shape index (κ3) is 5.89. The molecule has 1 saturated carbocycles. The van der Waals surface area contributed by atoms with Crippen LogP contribution in [0.5, 0.6) is 6.01 Å². The van der Waals surface area contributed by atoms with Gasteiger partial charge in [0, 0.05) is 42.8 Å². The van der Waals surface area contributed by atoms with Gasteiger partial charge in [0.1, 0.15) is 18.5 Å². The number of hydrogen-bond donors (Lipinski definition) is 0. The Bertz CT molecular complexity index is 1710. The maximum atomic E-state index is 12.5. The van der Waals surface area contributed by atoms with E-state index in [-0.39, 0.29) is 42.1 Å². The topological polar surface area (TPSA) is 100 Å². The summed E-state index contributed by atoms with van der Waals surface area (Å²) in [7, 11) is -3.18. The third-order valence-electron chi connectivity index (χ3n) is 8.63. The highest BCUT2D eigenvalue weighted by atomic mass is 32.2. The fourth-order valence-electron chi connectivity index (χ4n) is 6.25. The average molecular weight is 601 g/mol. The van der Waals surface area contributed by atoms with E-state index in [0.717, 1.165) is 42.1 Å². The second-order valence-corrected chi connectivity index (χ2v) is 13.9. The summed E-state index contributed by atoms with van der Waals surface area (Å²) in [4.78, 5) is 31.9. The molecule has 0 N–H and O–H groups in total. The van der Waals surface area contributed by atoms with Gasteiger partial charge in [-0.05, 0) is 49.3 Å². The SMILES string of the molecule is [C-]#[N+]C[C@H]1CN(c2nc(OCCS(=O)(=O)C3CC3)nc3c2CCN(c2cccc4cccc(C)c24)C3)CCN1C(=O)C=C. The highest BCUT2D eigenvalue weighted by Crippen LogP contribution is 2.36. The van der Waals surface area contributed by atoms with Crippen LogP contribution in [-0.2, 0) is 27.6 Å². The van der Waals surface area contributed by atoms with Gasteiger partial charge in [0.25, 0.3) is 0 Å². The maximum Gasteiger partial charge on any atom is 0.318 e. The van der Waals surface area contributed by atoms with E-state index in [0.29, 0.717) is 32.6 Å². The van der Waals surface area contributed by atoms with E-state index in [2.05, 4.69) is 64.5 Å². The Balaban J connectivity index is 1.33. The first-order chi connectivity index (χ1) is 20.8. The van der Waals surface area contributed by atoms with Gasteiger partial charge in [-0.15, -0.1) is 0 Å². The standard InChI is InChI=1S/C32H36N6O4S/c1-4-29(39)38-16-15-37(20-24(38)19-33-3)31-26-13-14-36(28-10-6-9-23-8-5-7-22(2)30(23)28)21-27(26)34-32(35-31)42-17-18-43(40,41)25-11-12-25/h4-10,24-25H,1,11-21H2,2H3/t24-/m0/s1. The number of nitrogens with zero attached hydrogens (tertiary/aromatic N) is 6. The van der Waals surface area contributed by atoms with Crippen LogP contribution in [0.4, 0.5) is 11.5 Å². The highest BCUT2D eigenvalue weighted by molar-refractivity contribution is 7.92. The van der Waals surface area contributed by atoms with Crippen molar-refractivity contribution >= 4 is 38.0 Å². The number of aromatic nitrogens is 2. The van der Waals surface area contributed by atoms with E-state index in [1.807, 2.05) is 0 Å². The van der Waals surface area contributed by atoms with Crippen molar-refractivity contribution in [2.75, 3.05) is 54.9 Å². The van der Waals surface area contributed by atoms with Gasteiger partial charge in [0.05, 0.1) is 23.2 Å².